The second-order valence-electron chi connectivity index (χ2n) is 8.23. The third-order valence-electron chi connectivity index (χ3n) is 6.98. The second kappa shape index (κ2) is 9.57. The lowest BCUT2D eigenvalue weighted by molar-refractivity contribution is -0.185. The van der Waals surface area contributed by atoms with Gasteiger partial charge < -0.3 is 15.0 Å². The van der Waals surface area contributed by atoms with E-state index in [1.807, 2.05) is 7.05 Å². The quantitative estimate of drug-likeness (QED) is 0.771. The molecule has 2 unspecified atom stereocenters. The van der Waals surface area contributed by atoms with Crippen LogP contribution in [0.3, 0.4) is 0 Å². The SMILES string of the molecule is CCOC1CC(N(C)C(=O)CCC2CCNCC2)C12CCCCC2.Cl. The normalized spacial score (nSPS) is 28.9. The summed E-state index contributed by atoms with van der Waals surface area (Å²) in [5.74, 6) is 1.10. The van der Waals surface area contributed by atoms with Gasteiger partial charge in [-0.3, -0.25) is 4.79 Å². The maximum Gasteiger partial charge on any atom is 0.222 e. The molecule has 0 aromatic heterocycles. The Balaban J connectivity index is 0.00000225. The highest BCUT2D eigenvalue weighted by Crippen LogP contribution is 2.55. The first-order valence-electron chi connectivity index (χ1n) is 10.3. The Morgan fingerprint density at radius 2 is 1.88 bits per heavy atom. The minimum Gasteiger partial charge on any atom is -0.378 e. The number of hydrogen-bond donors (Lipinski definition) is 1. The van der Waals surface area contributed by atoms with Crippen molar-refractivity contribution in [2.24, 2.45) is 11.3 Å². The van der Waals surface area contributed by atoms with Crippen LogP contribution in [0.5, 0.6) is 0 Å². The molecule has 0 radical (unpaired) electrons. The van der Waals surface area contributed by atoms with Crippen molar-refractivity contribution in [3.05, 3.63) is 0 Å². The van der Waals surface area contributed by atoms with Crippen LogP contribution in [-0.4, -0.2) is 49.7 Å². The van der Waals surface area contributed by atoms with Gasteiger partial charge in [-0.25, -0.2) is 0 Å². The molecule has 1 saturated heterocycles. The minimum absolute atomic E-state index is 0. The second-order valence-corrected chi connectivity index (χ2v) is 8.23. The van der Waals surface area contributed by atoms with Crippen LogP contribution in [0.2, 0.25) is 0 Å². The molecule has 2 atom stereocenters. The molecule has 4 nitrogen and oxygen atoms in total. The topological polar surface area (TPSA) is 41.6 Å². The van der Waals surface area contributed by atoms with Gasteiger partial charge in [-0.2, -0.15) is 0 Å². The predicted molar refractivity (Wildman–Crippen MR) is 104 cm³/mol. The molecule has 0 aromatic rings. The Labute approximate surface area is 159 Å². The van der Waals surface area contributed by atoms with Gasteiger partial charge in [-0.1, -0.05) is 19.3 Å². The summed E-state index contributed by atoms with van der Waals surface area (Å²) in [7, 11) is 2.05. The van der Waals surface area contributed by atoms with Gasteiger partial charge >= 0.3 is 0 Å². The number of nitrogens with zero attached hydrogens (tertiary/aromatic N) is 1. The predicted octanol–water partition coefficient (Wildman–Crippen LogP) is 3.77. The minimum atomic E-state index is 0. The lowest BCUT2D eigenvalue weighted by Gasteiger charge is -2.60. The van der Waals surface area contributed by atoms with Crippen molar-refractivity contribution in [3.63, 3.8) is 0 Å². The van der Waals surface area contributed by atoms with Crippen molar-refractivity contribution in [2.45, 2.75) is 83.3 Å². The van der Waals surface area contributed by atoms with Crippen LogP contribution in [-0.2, 0) is 9.53 Å². The van der Waals surface area contributed by atoms with E-state index in [0.29, 0.717) is 18.1 Å². The van der Waals surface area contributed by atoms with E-state index < -0.39 is 0 Å². The Morgan fingerprint density at radius 3 is 2.52 bits per heavy atom. The number of hydrogen-bond acceptors (Lipinski definition) is 3. The number of ether oxygens (including phenoxy) is 1. The molecule has 3 fully saturated rings. The zero-order valence-corrected chi connectivity index (χ0v) is 16.9. The van der Waals surface area contributed by atoms with E-state index in [2.05, 4.69) is 17.1 Å². The summed E-state index contributed by atoms with van der Waals surface area (Å²) in [6, 6.07) is 0.412. The lowest BCUT2D eigenvalue weighted by Crippen LogP contribution is -2.65. The Bertz CT molecular complexity index is 420. The highest BCUT2D eigenvalue weighted by Gasteiger charge is 2.57. The van der Waals surface area contributed by atoms with E-state index in [4.69, 9.17) is 4.74 Å². The number of carbonyl (C=O) groups excluding carboxylic acids is 1. The molecule has 1 spiro atoms. The van der Waals surface area contributed by atoms with Gasteiger partial charge in [0.2, 0.25) is 5.91 Å². The van der Waals surface area contributed by atoms with Gasteiger partial charge in [0.25, 0.3) is 0 Å². The zero-order chi connectivity index (χ0) is 17.0. The Hall–Kier alpha value is -0.320. The van der Waals surface area contributed by atoms with Gasteiger partial charge in [0.05, 0.1) is 6.10 Å². The van der Waals surface area contributed by atoms with Gasteiger partial charge in [-0.05, 0) is 64.5 Å². The monoisotopic (exact) mass is 372 g/mol. The summed E-state index contributed by atoms with van der Waals surface area (Å²) in [6.07, 6.45) is 12.1. The lowest BCUT2D eigenvalue weighted by atomic mass is 9.54. The van der Waals surface area contributed by atoms with Crippen molar-refractivity contribution < 1.29 is 9.53 Å². The van der Waals surface area contributed by atoms with Crippen LogP contribution in [0.4, 0.5) is 0 Å². The molecular formula is C20H37ClN2O2. The summed E-state index contributed by atoms with van der Waals surface area (Å²) < 4.78 is 6.04. The number of piperidine rings is 1. The molecule has 1 N–H and O–H groups in total. The number of carbonyl (C=O) groups is 1. The molecule has 3 aliphatic rings. The fraction of sp³-hybridized carbons (Fsp3) is 0.950. The summed E-state index contributed by atoms with van der Waals surface area (Å²) in [5.41, 5.74) is 0.257. The van der Waals surface area contributed by atoms with E-state index in [1.54, 1.807) is 0 Å². The standard InChI is InChI=1S/C20H36N2O2.ClH/c1-3-24-18-15-17(20(18)11-5-4-6-12-20)22(2)19(23)8-7-16-9-13-21-14-10-16;/h16-18,21H,3-15H2,1-2H3;1H. The van der Waals surface area contributed by atoms with E-state index in [-0.39, 0.29) is 17.8 Å². The highest BCUT2D eigenvalue weighted by molar-refractivity contribution is 5.85. The molecule has 1 heterocycles. The molecule has 2 aliphatic carbocycles. The van der Waals surface area contributed by atoms with Crippen LogP contribution >= 0.6 is 12.4 Å². The summed E-state index contributed by atoms with van der Waals surface area (Å²) >= 11 is 0. The van der Waals surface area contributed by atoms with Crippen LogP contribution in [0.1, 0.15) is 71.1 Å². The third-order valence-corrected chi connectivity index (χ3v) is 6.98. The van der Waals surface area contributed by atoms with Crippen molar-refractivity contribution in [2.75, 3.05) is 26.7 Å². The maximum absolute atomic E-state index is 12.8. The summed E-state index contributed by atoms with van der Waals surface area (Å²) in [6.45, 7) is 5.14. The summed E-state index contributed by atoms with van der Waals surface area (Å²) in [5, 5.41) is 3.41. The molecule has 146 valence electrons. The fourth-order valence-corrected chi connectivity index (χ4v) is 5.42. The number of nitrogens with one attached hydrogen (secondary N) is 1. The smallest absolute Gasteiger partial charge is 0.222 e. The summed E-state index contributed by atoms with van der Waals surface area (Å²) in [4.78, 5) is 14.9. The molecule has 0 bridgehead atoms. The van der Waals surface area contributed by atoms with Crippen LogP contribution in [0.15, 0.2) is 0 Å². The molecule has 1 amide bonds. The van der Waals surface area contributed by atoms with Crippen LogP contribution in [0, 0.1) is 11.3 Å². The molecule has 0 aromatic carbocycles. The van der Waals surface area contributed by atoms with Crippen molar-refractivity contribution in [1.82, 2.24) is 10.2 Å². The van der Waals surface area contributed by atoms with Gasteiger partial charge in [0, 0.05) is 31.5 Å². The van der Waals surface area contributed by atoms with Crippen molar-refractivity contribution >= 4 is 18.3 Å². The molecule has 25 heavy (non-hydrogen) atoms. The first kappa shape index (κ1) is 21.0. The first-order chi connectivity index (χ1) is 11.7. The number of amides is 1. The van der Waals surface area contributed by atoms with E-state index in [9.17, 15) is 4.79 Å². The molecule has 1 aliphatic heterocycles. The molecule has 2 saturated carbocycles. The van der Waals surface area contributed by atoms with E-state index in [1.165, 1.54) is 44.9 Å². The first-order valence-corrected chi connectivity index (χ1v) is 10.3. The highest BCUT2D eigenvalue weighted by atomic mass is 35.5. The molecule has 5 heteroatoms. The Morgan fingerprint density at radius 1 is 1.20 bits per heavy atom. The fourth-order valence-electron chi connectivity index (χ4n) is 5.42. The van der Waals surface area contributed by atoms with Crippen molar-refractivity contribution in [1.29, 1.82) is 0 Å². The van der Waals surface area contributed by atoms with E-state index in [0.717, 1.165) is 44.9 Å². The third kappa shape index (κ3) is 4.51. The average molecular weight is 373 g/mol. The maximum atomic E-state index is 12.8. The average Bonchev–Trinajstić information content (AvgIpc) is 2.64. The zero-order valence-electron chi connectivity index (χ0n) is 16.1. The largest absolute Gasteiger partial charge is 0.378 e. The van der Waals surface area contributed by atoms with Gasteiger partial charge in [0.1, 0.15) is 0 Å². The Kier molecular flexibility index (Phi) is 8.03. The number of halogens is 1. The van der Waals surface area contributed by atoms with Gasteiger partial charge in [-0.15, -0.1) is 12.4 Å². The van der Waals surface area contributed by atoms with Crippen LogP contribution < -0.4 is 5.32 Å². The molecular weight excluding hydrogens is 336 g/mol. The van der Waals surface area contributed by atoms with Crippen molar-refractivity contribution in [3.8, 4) is 0 Å². The number of rotatable bonds is 6. The van der Waals surface area contributed by atoms with Crippen LogP contribution in [0.25, 0.3) is 0 Å². The molecule has 3 rings (SSSR count). The van der Waals surface area contributed by atoms with Gasteiger partial charge in [0.15, 0.2) is 0 Å². The van der Waals surface area contributed by atoms with E-state index >= 15 is 0 Å².